The van der Waals surface area contributed by atoms with Crippen LogP contribution in [0.5, 0.6) is 0 Å². The number of amides is 1. The molecule has 0 saturated carbocycles. The third-order valence-corrected chi connectivity index (χ3v) is 4.67. The smallest absolute Gasteiger partial charge is 0.220 e. The Morgan fingerprint density at radius 2 is 2.14 bits per heavy atom. The van der Waals surface area contributed by atoms with Crippen molar-refractivity contribution in [3.05, 3.63) is 45.9 Å². The largest absolute Gasteiger partial charge is 0.350 e. The van der Waals surface area contributed by atoms with Gasteiger partial charge >= 0.3 is 0 Å². The summed E-state index contributed by atoms with van der Waals surface area (Å²) < 4.78 is 1.92. The fourth-order valence-electron chi connectivity index (χ4n) is 1.93. The summed E-state index contributed by atoms with van der Waals surface area (Å²) in [6.45, 7) is 0.389. The van der Waals surface area contributed by atoms with Gasteiger partial charge in [0, 0.05) is 30.6 Å². The van der Waals surface area contributed by atoms with Crippen LogP contribution in [0.15, 0.2) is 35.3 Å². The zero-order chi connectivity index (χ0) is 14.7. The Morgan fingerprint density at radius 3 is 2.90 bits per heavy atom. The van der Waals surface area contributed by atoms with Crippen LogP contribution in [-0.2, 0) is 11.3 Å². The third-order valence-electron chi connectivity index (χ3n) is 2.98. The molecule has 0 saturated heterocycles. The highest BCUT2D eigenvalue weighted by Gasteiger charge is 2.10. The topological polar surface area (TPSA) is 63.5 Å². The number of Topliss-reactive ketones (excluding diaryl/α,β-unsaturated/α-hetero) is 1. The van der Waals surface area contributed by atoms with Crippen molar-refractivity contribution >= 4 is 39.3 Å². The minimum absolute atomic E-state index is 0.0163. The van der Waals surface area contributed by atoms with Gasteiger partial charge in [0.2, 0.25) is 5.91 Å². The maximum atomic E-state index is 11.8. The Kier molecular flexibility index (Phi) is 4.12. The molecule has 0 atom stereocenters. The van der Waals surface area contributed by atoms with Crippen LogP contribution in [0.3, 0.4) is 0 Å². The van der Waals surface area contributed by atoms with E-state index < -0.39 is 0 Å². The van der Waals surface area contributed by atoms with E-state index in [4.69, 9.17) is 0 Å². The van der Waals surface area contributed by atoms with Gasteiger partial charge in [-0.25, -0.2) is 4.98 Å². The highest BCUT2D eigenvalue weighted by Crippen LogP contribution is 2.13. The van der Waals surface area contributed by atoms with Crippen LogP contribution < -0.4 is 5.32 Å². The van der Waals surface area contributed by atoms with Crippen LogP contribution in [-0.4, -0.2) is 21.1 Å². The van der Waals surface area contributed by atoms with Gasteiger partial charge in [-0.1, -0.05) is 6.07 Å². The molecule has 0 aliphatic heterocycles. The van der Waals surface area contributed by atoms with Crippen molar-refractivity contribution in [1.29, 1.82) is 0 Å². The van der Waals surface area contributed by atoms with Crippen molar-refractivity contribution in [3.8, 4) is 0 Å². The summed E-state index contributed by atoms with van der Waals surface area (Å²) in [5.41, 5.74) is 0.819. The minimum Gasteiger partial charge on any atom is -0.350 e. The molecule has 0 fully saturated rings. The molecule has 5 nitrogen and oxygen atoms in total. The summed E-state index contributed by atoms with van der Waals surface area (Å²) in [6.07, 6.45) is 4.27. The van der Waals surface area contributed by atoms with Crippen LogP contribution in [0, 0.1) is 0 Å². The number of imidazole rings is 1. The minimum atomic E-state index is -0.128. The van der Waals surface area contributed by atoms with Gasteiger partial charge in [0.15, 0.2) is 10.7 Å². The van der Waals surface area contributed by atoms with Crippen molar-refractivity contribution in [2.75, 3.05) is 0 Å². The number of rotatable bonds is 6. The summed E-state index contributed by atoms with van der Waals surface area (Å²) in [5, 5.41) is 6.61. The lowest BCUT2D eigenvalue weighted by molar-refractivity contribution is -0.121. The lowest BCUT2D eigenvalue weighted by atomic mass is 10.2. The molecule has 0 aliphatic rings. The van der Waals surface area contributed by atoms with Crippen molar-refractivity contribution < 1.29 is 9.59 Å². The van der Waals surface area contributed by atoms with E-state index in [1.807, 2.05) is 33.6 Å². The molecule has 21 heavy (non-hydrogen) atoms. The predicted molar refractivity (Wildman–Crippen MR) is 82.8 cm³/mol. The predicted octanol–water partition coefficient (Wildman–Crippen LogP) is 2.74. The molecule has 3 heterocycles. The van der Waals surface area contributed by atoms with Gasteiger partial charge in [0.1, 0.15) is 0 Å². The van der Waals surface area contributed by atoms with Gasteiger partial charge in [0.25, 0.3) is 0 Å². The molecule has 0 radical (unpaired) electrons. The van der Waals surface area contributed by atoms with Crippen molar-refractivity contribution in [1.82, 2.24) is 14.7 Å². The average molecular weight is 319 g/mol. The fourth-order valence-corrected chi connectivity index (χ4v) is 3.34. The molecule has 1 N–H and O–H groups in total. The van der Waals surface area contributed by atoms with Crippen LogP contribution >= 0.6 is 22.7 Å². The molecular weight excluding hydrogens is 306 g/mol. The molecule has 0 unspecified atom stereocenters. The van der Waals surface area contributed by atoms with E-state index in [1.165, 1.54) is 11.3 Å². The van der Waals surface area contributed by atoms with Crippen LogP contribution in [0.25, 0.3) is 4.96 Å². The number of fused-ring (bicyclic) bond motifs is 1. The SMILES string of the molecule is O=C(CCC(=O)c1cccs1)NCc1cn2ccsc2n1. The average Bonchev–Trinajstić information content (AvgIpc) is 3.17. The Balaban J connectivity index is 1.46. The quantitative estimate of drug-likeness (QED) is 0.711. The third kappa shape index (κ3) is 3.37. The molecule has 3 aromatic rings. The molecule has 0 aliphatic carbocycles. The summed E-state index contributed by atoms with van der Waals surface area (Å²) in [5.74, 6) is -0.112. The summed E-state index contributed by atoms with van der Waals surface area (Å²) >= 11 is 2.95. The van der Waals surface area contributed by atoms with Gasteiger partial charge in [0.05, 0.1) is 17.1 Å². The monoisotopic (exact) mass is 319 g/mol. The van der Waals surface area contributed by atoms with E-state index in [0.29, 0.717) is 11.4 Å². The number of hydrogen-bond donors (Lipinski definition) is 1. The highest BCUT2D eigenvalue weighted by molar-refractivity contribution is 7.15. The molecule has 3 rings (SSSR count). The summed E-state index contributed by atoms with van der Waals surface area (Å²) in [6, 6.07) is 3.62. The molecule has 108 valence electrons. The van der Waals surface area contributed by atoms with E-state index in [2.05, 4.69) is 10.3 Å². The van der Waals surface area contributed by atoms with Gasteiger partial charge < -0.3 is 5.32 Å². The zero-order valence-electron chi connectivity index (χ0n) is 11.1. The number of ketones is 1. The first-order valence-electron chi connectivity index (χ1n) is 6.47. The number of nitrogens with one attached hydrogen (secondary N) is 1. The van der Waals surface area contributed by atoms with E-state index in [1.54, 1.807) is 17.4 Å². The van der Waals surface area contributed by atoms with Gasteiger partial charge in [-0.15, -0.1) is 22.7 Å². The van der Waals surface area contributed by atoms with E-state index >= 15 is 0 Å². The van der Waals surface area contributed by atoms with Gasteiger partial charge in [-0.05, 0) is 11.4 Å². The molecule has 0 spiro atoms. The first kappa shape index (κ1) is 14.0. The second-order valence-corrected chi connectivity index (χ2v) is 6.32. The number of aromatic nitrogens is 2. The molecule has 3 aromatic heterocycles. The number of thiophene rings is 1. The summed E-state index contributed by atoms with van der Waals surface area (Å²) in [7, 11) is 0. The van der Waals surface area contributed by atoms with Crippen molar-refractivity contribution in [3.63, 3.8) is 0 Å². The second-order valence-electron chi connectivity index (χ2n) is 4.50. The van der Waals surface area contributed by atoms with Crippen LogP contribution in [0.1, 0.15) is 28.2 Å². The molecular formula is C14H13N3O2S2. The maximum absolute atomic E-state index is 11.8. The van der Waals surface area contributed by atoms with Crippen molar-refractivity contribution in [2.24, 2.45) is 0 Å². The highest BCUT2D eigenvalue weighted by atomic mass is 32.1. The van der Waals surface area contributed by atoms with Crippen LogP contribution in [0.2, 0.25) is 0 Å². The molecule has 0 aromatic carbocycles. The van der Waals surface area contributed by atoms with Gasteiger partial charge in [-0.3, -0.25) is 14.0 Å². The van der Waals surface area contributed by atoms with Crippen molar-refractivity contribution in [2.45, 2.75) is 19.4 Å². The maximum Gasteiger partial charge on any atom is 0.220 e. The lowest BCUT2D eigenvalue weighted by Crippen LogP contribution is -2.23. The number of carbonyl (C=O) groups excluding carboxylic acids is 2. The van der Waals surface area contributed by atoms with Crippen LogP contribution in [0.4, 0.5) is 0 Å². The zero-order valence-corrected chi connectivity index (χ0v) is 12.7. The molecule has 0 bridgehead atoms. The van der Waals surface area contributed by atoms with E-state index in [9.17, 15) is 9.59 Å². The Bertz CT molecular complexity index is 730. The first-order chi connectivity index (χ1) is 10.2. The Labute approximate surface area is 129 Å². The normalized spacial score (nSPS) is 10.9. The first-order valence-corrected chi connectivity index (χ1v) is 8.23. The Morgan fingerprint density at radius 1 is 1.24 bits per heavy atom. The number of thiazole rings is 1. The number of carbonyl (C=O) groups is 2. The van der Waals surface area contributed by atoms with Gasteiger partial charge in [-0.2, -0.15) is 0 Å². The summed E-state index contributed by atoms with van der Waals surface area (Å²) in [4.78, 5) is 29.5. The number of hydrogen-bond acceptors (Lipinski definition) is 5. The molecule has 1 amide bonds. The Hall–Kier alpha value is -1.99. The number of nitrogens with zero attached hydrogens (tertiary/aromatic N) is 2. The molecule has 7 heteroatoms. The van der Waals surface area contributed by atoms with E-state index in [0.717, 1.165) is 10.7 Å². The fraction of sp³-hybridized carbons (Fsp3) is 0.214. The second kappa shape index (κ2) is 6.19. The lowest BCUT2D eigenvalue weighted by Gasteiger charge is -2.02. The standard InChI is InChI=1S/C14H13N3O2S2/c18-11(12-2-1-6-20-12)3-4-13(19)15-8-10-9-17-5-7-21-14(17)16-10/h1-2,5-7,9H,3-4,8H2,(H,15,19). The van der Waals surface area contributed by atoms with E-state index in [-0.39, 0.29) is 24.5 Å².